The third kappa shape index (κ3) is 5.41. The Labute approximate surface area is 203 Å². The molecule has 10 heteroatoms. The van der Waals surface area contributed by atoms with Crippen molar-refractivity contribution in [2.24, 2.45) is 0 Å². The summed E-state index contributed by atoms with van der Waals surface area (Å²) in [7, 11) is 0. The van der Waals surface area contributed by atoms with Crippen LogP contribution in [0.25, 0.3) is 17.0 Å². The molecule has 1 N–H and O–H groups in total. The van der Waals surface area contributed by atoms with Gasteiger partial charge in [-0.1, -0.05) is 0 Å². The van der Waals surface area contributed by atoms with Crippen LogP contribution in [-0.2, 0) is 4.74 Å². The molecule has 4 rings (SSSR count). The number of aromatic nitrogens is 4. The lowest BCUT2D eigenvalue weighted by Crippen LogP contribution is -2.52. The number of carbonyl (C=O) groups is 2. The fourth-order valence-electron chi connectivity index (χ4n) is 4.29. The zero-order valence-corrected chi connectivity index (χ0v) is 20.9. The van der Waals surface area contributed by atoms with Crippen LogP contribution in [0.1, 0.15) is 62.3 Å². The molecule has 1 saturated heterocycles. The highest BCUT2D eigenvalue weighted by molar-refractivity contribution is 5.95. The number of rotatable bonds is 3. The maximum atomic E-state index is 14.5. The number of halogens is 1. The van der Waals surface area contributed by atoms with Crippen molar-refractivity contribution in [3.63, 3.8) is 0 Å². The van der Waals surface area contributed by atoms with Crippen molar-refractivity contribution in [3.05, 3.63) is 47.4 Å². The minimum Gasteiger partial charge on any atom is -0.444 e. The van der Waals surface area contributed by atoms with Crippen molar-refractivity contribution in [1.82, 2.24) is 29.6 Å². The number of hydrogen-bond acceptors (Lipinski definition) is 6. The van der Waals surface area contributed by atoms with E-state index < -0.39 is 11.4 Å². The summed E-state index contributed by atoms with van der Waals surface area (Å²) < 4.78 is 21.6. The van der Waals surface area contributed by atoms with Gasteiger partial charge >= 0.3 is 6.09 Å². The SMILES string of the molecule is Cc1cn2cc(-c3ncc(C(=O)N[C@@H]4CCN(C(=O)OC(C)(C)C)[C@@H](C)C4)c(C)n3)cc(F)c2n1. The van der Waals surface area contributed by atoms with Gasteiger partial charge < -0.3 is 19.4 Å². The molecule has 35 heavy (non-hydrogen) atoms. The molecule has 1 aliphatic rings. The molecule has 2 atom stereocenters. The highest BCUT2D eigenvalue weighted by Gasteiger charge is 2.32. The minimum atomic E-state index is -0.555. The molecule has 4 heterocycles. The molecule has 0 aliphatic carbocycles. The molecule has 2 amide bonds. The van der Waals surface area contributed by atoms with Crippen LogP contribution in [0.2, 0.25) is 0 Å². The van der Waals surface area contributed by atoms with Crippen LogP contribution in [0.5, 0.6) is 0 Å². The van der Waals surface area contributed by atoms with Crippen LogP contribution in [0.15, 0.2) is 24.7 Å². The number of pyridine rings is 1. The average molecular weight is 483 g/mol. The molecule has 1 aliphatic heterocycles. The lowest BCUT2D eigenvalue weighted by atomic mass is 9.98. The van der Waals surface area contributed by atoms with E-state index >= 15 is 0 Å². The number of amides is 2. The molecule has 0 spiro atoms. The Morgan fingerprint density at radius 3 is 2.60 bits per heavy atom. The fourth-order valence-corrected chi connectivity index (χ4v) is 4.29. The molecular formula is C25H31FN6O3. The molecule has 0 unspecified atom stereocenters. The van der Waals surface area contributed by atoms with E-state index in [2.05, 4.69) is 20.3 Å². The van der Waals surface area contributed by atoms with E-state index in [4.69, 9.17) is 4.74 Å². The lowest BCUT2D eigenvalue weighted by molar-refractivity contribution is 0.00960. The Morgan fingerprint density at radius 1 is 1.20 bits per heavy atom. The summed E-state index contributed by atoms with van der Waals surface area (Å²) in [6.07, 6.45) is 5.81. The summed E-state index contributed by atoms with van der Waals surface area (Å²) in [5.74, 6) is -0.417. The maximum Gasteiger partial charge on any atom is 0.410 e. The van der Waals surface area contributed by atoms with Crippen molar-refractivity contribution in [1.29, 1.82) is 0 Å². The highest BCUT2D eigenvalue weighted by atomic mass is 19.1. The van der Waals surface area contributed by atoms with E-state index in [1.165, 1.54) is 12.3 Å². The van der Waals surface area contributed by atoms with Crippen LogP contribution >= 0.6 is 0 Å². The highest BCUT2D eigenvalue weighted by Crippen LogP contribution is 2.23. The number of imidazole rings is 1. The predicted octanol–water partition coefficient (Wildman–Crippen LogP) is 4.07. The van der Waals surface area contributed by atoms with Gasteiger partial charge in [-0.25, -0.2) is 24.1 Å². The standard InChI is InChI=1S/C25H31FN6O3/c1-14-12-31-13-17(10-20(26)22(31)28-14)21-27-11-19(16(3)29-21)23(33)30-18-7-8-32(15(2)9-18)24(34)35-25(4,5)6/h10-13,15,18H,7-9H2,1-6H3,(H,30,33)/t15-,18+/m0/s1. The van der Waals surface area contributed by atoms with Crippen molar-refractivity contribution < 1.29 is 18.7 Å². The third-order valence-electron chi connectivity index (χ3n) is 5.95. The maximum absolute atomic E-state index is 14.5. The number of nitrogens with zero attached hydrogens (tertiary/aromatic N) is 5. The smallest absolute Gasteiger partial charge is 0.410 e. The summed E-state index contributed by atoms with van der Waals surface area (Å²) >= 11 is 0. The summed E-state index contributed by atoms with van der Waals surface area (Å²) in [5.41, 5.74) is 1.74. The molecule has 0 saturated carbocycles. The second-order valence-corrected chi connectivity index (χ2v) is 10.1. The number of likely N-dealkylation sites (tertiary alicyclic amines) is 1. The van der Waals surface area contributed by atoms with Crippen molar-refractivity contribution in [2.45, 2.75) is 72.1 Å². The Bertz CT molecular complexity index is 1280. The first-order valence-corrected chi connectivity index (χ1v) is 11.7. The van der Waals surface area contributed by atoms with Crippen molar-refractivity contribution >= 4 is 17.6 Å². The number of carbonyl (C=O) groups excluding carboxylic acids is 2. The molecule has 0 bridgehead atoms. The Kier molecular flexibility index (Phi) is 6.48. The molecule has 9 nitrogen and oxygen atoms in total. The van der Waals surface area contributed by atoms with Crippen LogP contribution in [0.3, 0.4) is 0 Å². The van der Waals surface area contributed by atoms with Crippen LogP contribution < -0.4 is 5.32 Å². The lowest BCUT2D eigenvalue weighted by Gasteiger charge is -2.38. The molecule has 0 radical (unpaired) electrons. The van der Waals surface area contributed by atoms with Gasteiger partial charge in [0.2, 0.25) is 0 Å². The number of hydrogen-bond donors (Lipinski definition) is 1. The first kappa shape index (κ1) is 24.6. The fraction of sp³-hybridized carbons (Fsp3) is 0.480. The largest absolute Gasteiger partial charge is 0.444 e. The number of ether oxygens (including phenoxy) is 1. The normalized spacial score (nSPS) is 18.5. The molecule has 0 aromatic carbocycles. The molecule has 186 valence electrons. The third-order valence-corrected chi connectivity index (χ3v) is 5.95. The van der Waals surface area contributed by atoms with E-state index in [-0.39, 0.29) is 29.7 Å². The first-order valence-electron chi connectivity index (χ1n) is 11.7. The summed E-state index contributed by atoms with van der Waals surface area (Å²) in [5, 5.41) is 3.04. The van der Waals surface area contributed by atoms with Crippen molar-refractivity contribution in [3.8, 4) is 11.4 Å². The van der Waals surface area contributed by atoms with E-state index in [1.54, 1.807) is 35.5 Å². The first-order chi connectivity index (χ1) is 16.4. The minimum absolute atomic E-state index is 0.0692. The van der Waals surface area contributed by atoms with Crippen molar-refractivity contribution in [2.75, 3.05) is 6.54 Å². The zero-order valence-electron chi connectivity index (χ0n) is 20.9. The van der Waals surface area contributed by atoms with Crippen LogP contribution in [0.4, 0.5) is 9.18 Å². The molecule has 3 aromatic rings. The van der Waals surface area contributed by atoms with E-state index in [0.29, 0.717) is 47.7 Å². The van der Waals surface area contributed by atoms with Gasteiger partial charge in [-0.05, 0) is 60.5 Å². The molecule has 1 fully saturated rings. The quantitative estimate of drug-likeness (QED) is 0.604. The number of aryl methyl sites for hydroxylation is 2. The van der Waals surface area contributed by atoms with Gasteiger partial charge in [-0.2, -0.15) is 0 Å². The van der Waals surface area contributed by atoms with Gasteiger partial charge in [0.15, 0.2) is 17.3 Å². The van der Waals surface area contributed by atoms with Gasteiger partial charge in [0.25, 0.3) is 5.91 Å². The summed E-state index contributed by atoms with van der Waals surface area (Å²) in [6.45, 7) is 11.5. The number of piperidine rings is 1. The Balaban J connectivity index is 1.43. The second-order valence-electron chi connectivity index (χ2n) is 10.1. The zero-order chi connectivity index (χ0) is 25.5. The molecule has 3 aromatic heterocycles. The van der Waals surface area contributed by atoms with Gasteiger partial charge in [-0.3, -0.25) is 4.79 Å². The molecular weight excluding hydrogens is 451 g/mol. The van der Waals surface area contributed by atoms with E-state index in [9.17, 15) is 14.0 Å². The Hall–Kier alpha value is -3.56. The Morgan fingerprint density at radius 2 is 1.94 bits per heavy atom. The second kappa shape index (κ2) is 9.24. The predicted molar refractivity (Wildman–Crippen MR) is 129 cm³/mol. The number of fused-ring (bicyclic) bond motifs is 1. The van der Waals surface area contributed by atoms with Crippen LogP contribution in [0, 0.1) is 19.7 Å². The average Bonchev–Trinajstić information content (AvgIpc) is 3.13. The topological polar surface area (TPSA) is 102 Å². The summed E-state index contributed by atoms with van der Waals surface area (Å²) in [4.78, 5) is 40.0. The van der Waals surface area contributed by atoms with Gasteiger partial charge in [0.05, 0.1) is 17.0 Å². The monoisotopic (exact) mass is 482 g/mol. The van der Waals surface area contributed by atoms with E-state index in [1.807, 2.05) is 27.7 Å². The van der Waals surface area contributed by atoms with Gasteiger partial charge in [-0.15, -0.1) is 0 Å². The number of nitrogens with one attached hydrogen (secondary N) is 1. The summed E-state index contributed by atoms with van der Waals surface area (Å²) in [6, 6.07) is 1.19. The van der Waals surface area contributed by atoms with E-state index in [0.717, 1.165) is 0 Å². The van der Waals surface area contributed by atoms with Gasteiger partial charge in [0, 0.05) is 42.8 Å². The van der Waals surface area contributed by atoms with Crippen LogP contribution in [-0.4, -0.2) is 60.5 Å². The van der Waals surface area contributed by atoms with Gasteiger partial charge in [0.1, 0.15) is 5.60 Å².